The highest BCUT2D eigenvalue weighted by atomic mass is 16.8. The summed E-state index contributed by atoms with van der Waals surface area (Å²) in [6.07, 6.45) is -11.4. The molecule has 0 bridgehead atoms. The Kier molecular flexibility index (Phi) is 8.60. The minimum absolute atomic E-state index is 0.000321. The molecule has 1 aromatic heterocycles. The minimum atomic E-state index is -2.06. The fraction of sp³-hybridized carbons (Fsp3) is 0.429. The van der Waals surface area contributed by atoms with Gasteiger partial charge in [0.05, 0.1) is 13.2 Å². The maximum Gasteiger partial charge on any atom is 0.302 e. The third-order valence-electron chi connectivity index (χ3n) is 7.15. The van der Waals surface area contributed by atoms with Gasteiger partial charge in [-0.15, -0.1) is 0 Å². The number of aromatic hydroxyl groups is 2. The van der Waals surface area contributed by atoms with Crippen molar-refractivity contribution in [2.24, 2.45) is 0 Å². The Balaban J connectivity index is 1.48. The van der Waals surface area contributed by atoms with Crippen LogP contribution < -0.4 is 10.2 Å². The van der Waals surface area contributed by atoms with E-state index in [0.29, 0.717) is 5.56 Å². The molecule has 0 spiro atoms. The molecule has 15 heteroatoms. The van der Waals surface area contributed by atoms with Gasteiger partial charge in [-0.05, 0) is 24.3 Å². The summed E-state index contributed by atoms with van der Waals surface area (Å²) in [5.74, 6) is -1.24. The lowest BCUT2D eigenvalue weighted by atomic mass is 9.98. The highest BCUT2D eigenvalue weighted by Gasteiger charge is 2.53. The molecule has 3 heterocycles. The van der Waals surface area contributed by atoms with Gasteiger partial charge < -0.3 is 63.8 Å². The Hall–Kier alpha value is -3.80. The molecule has 43 heavy (non-hydrogen) atoms. The van der Waals surface area contributed by atoms with Crippen LogP contribution in [0.2, 0.25) is 0 Å². The molecule has 7 N–H and O–H groups in total. The molecule has 15 nitrogen and oxygen atoms in total. The van der Waals surface area contributed by atoms with Crippen molar-refractivity contribution >= 4 is 16.9 Å². The van der Waals surface area contributed by atoms with Gasteiger partial charge in [-0.3, -0.25) is 9.59 Å². The minimum Gasteiger partial charge on any atom is -0.508 e. The molecule has 232 valence electrons. The van der Waals surface area contributed by atoms with Gasteiger partial charge in [-0.25, -0.2) is 0 Å². The Morgan fingerprint density at radius 1 is 1.05 bits per heavy atom. The fourth-order valence-electron chi connectivity index (χ4n) is 4.76. The highest BCUT2D eigenvalue weighted by Crippen LogP contribution is 2.35. The van der Waals surface area contributed by atoms with Gasteiger partial charge in [0.25, 0.3) is 0 Å². The van der Waals surface area contributed by atoms with Gasteiger partial charge in [0.15, 0.2) is 17.8 Å². The zero-order valence-electron chi connectivity index (χ0n) is 22.6. The molecule has 3 aromatic rings. The first kappa shape index (κ1) is 30.7. The first-order chi connectivity index (χ1) is 20.4. The van der Waals surface area contributed by atoms with Crippen LogP contribution >= 0.6 is 0 Å². The van der Waals surface area contributed by atoms with E-state index in [1.54, 1.807) is 0 Å². The summed E-state index contributed by atoms with van der Waals surface area (Å²) < 4.78 is 33.3. The first-order valence-electron chi connectivity index (χ1n) is 13.1. The van der Waals surface area contributed by atoms with Crippen molar-refractivity contribution < 1.29 is 68.6 Å². The third kappa shape index (κ3) is 6.15. The van der Waals surface area contributed by atoms with Crippen molar-refractivity contribution in [3.05, 3.63) is 52.7 Å². The number of carbonyl (C=O) groups excluding carboxylic acids is 1. The Morgan fingerprint density at radius 2 is 1.77 bits per heavy atom. The predicted molar refractivity (Wildman–Crippen MR) is 142 cm³/mol. The monoisotopic (exact) mass is 606 g/mol. The number of esters is 1. The van der Waals surface area contributed by atoms with Crippen LogP contribution in [-0.4, -0.2) is 110 Å². The van der Waals surface area contributed by atoms with Crippen molar-refractivity contribution in [2.45, 2.75) is 55.6 Å². The summed E-state index contributed by atoms with van der Waals surface area (Å²) >= 11 is 0. The summed E-state index contributed by atoms with van der Waals surface area (Å²) in [6, 6.07) is 9.33. The van der Waals surface area contributed by atoms with E-state index < -0.39 is 85.7 Å². The fourth-order valence-corrected chi connectivity index (χ4v) is 4.76. The lowest BCUT2D eigenvalue weighted by molar-refractivity contribution is -0.319. The Labute approximate surface area is 242 Å². The van der Waals surface area contributed by atoms with E-state index >= 15 is 0 Å². The molecule has 0 aliphatic carbocycles. The van der Waals surface area contributed by atoms with E-state index in [2.05, 4.69) is 0 Å². The topological polar surface area (TPSA) is 235 Å². The molecular weight excluding hydrogens is 576 g/mol. The second-order valence-electron chi connectivity index (χ2n) is 10.3. The number of carbonyl (C=O) groups is 1. The zero-order valence-corrected chi connectivity index (χ0v) is 22.6. The van der Waals surface area contributed by atoms with Crippen LogP contribution in [0, 0.1) is 0 Å². The number of ether oxygens (including phenoxy) is 5. The molecule has 0 unspecified atom stereocenters. The van der Waals surface area contributed by atoms with Gasteiger partial charge in [-0.2, -0.15) is 0 Å². The van der Waals surface area contributed by atoms with Gasteiger partial charge >= 0.3 is 5.97 Å². The molecule has 0 radical (unpaired) electrons. The smallest absolute Gasteiger partial charge is 0.302 e. The van der Waals surface area contributed by atoms with Crippen LogP contribution in [-0.2, 0) is 23.7 Å². The molecule has 2 fully saturated rings. The zero-order chi connectivity index (χ0) is 31.1. The maximum absolute atomic E-state index is 12.8. The van der Waals surface area contributed by atoms with E-state index in [9.17, 15) is 45.3 Å². The van der Waals surface area contributed by atoms with Gasteiger partial charge in [0.2, 0.25) is 6.29 Å². The van der Waals surface area contributed by atoms with E-state index in [0.717, 1.165) is 13.0 Å². The van der Waals surface area contributed by atoms with Crippen molar-refractivity contribution in [1.82, 2.24) is 0 Å². The molecule has 2 aromatic carbocycles. The van der Waals surface area contributed by atoms with E-state index in [-0.39, 0.29) is 28.2 Å². The van der Waals surface area contributed by atoms with Crippen LogP contribution in [0.25, 0.3) is 22.3 Å². The lowest BCUT2D eigenvalue weighted by Gasteiger charge is -2.42. The molecule has 5 rings (SSSR count). The van der Waals surface area contributed by atoms with Crippen LogP contribution in [0.1, 0.15) is 6.92 Å². The van der Waals surface area contributed by atoms with Crippen molar-refractivity contribution in [2.75, 3.05) is 19.8 Å². The van der Waals surface area contributed by atoms with Gasteiger partial charge in [0, 0.05) is 30.7 Å². The molecule has 8 atom stereocenters. The van der Waals surface area contributed by atoms with Gasteiger partial charge in [0.1, 0.15) is 70.6 Å². The first-order valence-corrected chi connectivity index (χ1v) is 13.1. The number of fused-ring (bicyclic) bond motifs is 1. The van der Waals surface area contributed by atoms with E-state index in [1.807, 2.05) is 0 Å². The van der Waals surface area contributed by atoms with Crippen LogP contribution in [0.15, 0.2) is 51.7 Å². The summed E-state index contributed by atoms with van der Waals surface area (Å²) in [4.78, 5) is 24.2. The Bertz CT molecular complexity index is 1520. The number of hydrogen-bond acceptors (Lipinski definition) is 15. The molecule has 2 aliphatic rings. The summed E-state index contributed by atoms with van der Waals surface area (Å²) in [5, 5.41) is 71.9. The predicted octanol–water partition coefficient (Wildman–Crippen LogP) is -0.914. The summed E-state index contributed by atoms with van der Waals surface area (Å²) in [5.41, 5.74) is -2.28. The largest absolute Gasteiger partial charge is 0.508 e. The second kappa shape index (κ2) is 12.1. The van der Waals surface area contributed by atoms with Crippen molar-refractivity contribution in [3.8, 4) is 28.6 Å². The average molecular weight is 607 g/mol. The summed E-state index contributed by atoms with van der Waals surface area (Å²) in [6.45, 7) is -0.729. The highest BCUT2D eigenvalue weighted by molar-refractivity contribution is 5.86. The molecule has 2 aliphatic heterocycles. The summed E-state index contributed by atoms with van der Waals surface area (Å²) in [7, 11) is 0. The number of benzene rings is 2. The molecule has 2 saturated heterocycles. The number of rotatable bonds is 8. The molecule has 0 saturated carbocycles. The quantitative estimate of drug-likeness (QED) is 0.154. The average Bonchev–Trinajstić information content (AvgIpc) is 3.25. The van der Waals surface area contributed by atoms with Crippen molar-refractivity contribution in [1.29, 1.82) is 0 Å². The number of hydrogen-bond donors (Lipinski definition) is 7. The number of phenolic OH excluding ortho intramolecular Hbond substituents is 2. The number of aliphatic hydroxyl groups excluding tert-OH is 4. The lowest BCUT2D eigenvalue weighted by Crippen LogP contribution is -2.62. The van der Waals surface area contributed by atoms with Gasteiger partial charge in [-0.1, -0.05) is 0 Å². The van der Waals surface area contributed by atoms with Crippen LogP contribution in [0.3, 0.4) is 0 Å². The van der Waals surface area contributed by atoms with E-state index in [4.69, 9.17) is 28.1 Å². The van der Waals surface area contributed by atoms with Crippen molar-refractivity contribution in [3.63, 3.8) is 0 Å². The number of aliphatic hydroxyl groups is 5. The third-order valence-corrected chi connectivity index (χ3v) is 7.15. The van der Waals surface area contributed by atoms with Crippen LogP contribution in [0.4, 0.5) is 0 Å². The Morgan fingerprint density at radius 3 is 2.42 bits per heavy atom. The maximum atomic E-state index is 12.8. The number of phenols is 2. The normalized spacial score (nSPS) is 30.8. The molecular formula is C28H30O15. The standard InChI is InChI=1S/C28H30O15/c1-12(30)38-9-20-22(34)23(35)24(43-27-25(36)28(37,10-29)11-39-27)26(42-20)40-15-6-16(32)21-17(33)8-18(41-19(21)7-15)13-2-4-14(31)5-3-13/h2-8,20,22-27,29,31-32,34-37H,9-11H2,1H3/t20-,22-,23+,24-,25+,26-,27+,28-/m1/s1. The second-order valence-corrected chi connectivity index (χ2v) is 10.3. The van der Waals surface area contributed by atoms with E-state index in [1.165, 1.54) is 36.4 Å². The SMILES string of the molecule is CC(=O)OC[C@H]1O[C@@H](Oc2cc(O)c3c(=O)cc(-c4ccc(O)cc4)oc3c2)[C@H](O[C@@H]2OC[C@](O)(CO)[C@H]2O)[C@@H](O)[C@@H]1O. The molecule has 0 amide bonds. The van der Waals surface area contributed by atoms with Crippen LogP contribution in [0.5, 0.6) is 17.2 Å².